The van der Waals surface area contributed by atoms with Crippen molar-refractivity contribution in [2.75, 3.05) is 5.73 Å². The van der Waals surface area contributed by atoms with Crippen molar-refractivity contribution in [3.63, 3.8) is 0 Å². The lowest BCUT2D eigenvalue weighted by Gasteiger charge is -2.06. The van der Waals surface area contributed by atoms with E-state index in [0.717, 1.165) is 0 Å². The maximum absolute atomic E-state index is 5.84. The van der Waals surface area contributed by atoms with Crippen LogP contribution < -0.4 is 5.73 Å². The molecule has 0 radical (unpaired) electrons. The highest BCUT2D eigenvalue weighted by Crippen LogP contribution is 2.34. The summed E-state index contributed by atoms with van der Waals surface area (Å²) in [4.78, 5) is 3.97. The molecule has 0 aromatic carbocycles. The SMILES string of the molecule is CCc1nc(Cl)c(Cl)c(N)c1Cl. The van der Waals surface area contributed by atoms with Crippen LogP contribution in [0.5, 0.6) is 0 Å². The third-order valence-electron chi connectivity index (χ3n) is 1.48. The second kappa shape index (κ2) is 3.69. The minimum Gasteiger partial charge on any atom is -0.396 e. The maximum atomic E-state index is 5.84. The molecule has 2 N–H and O–H groups in total. The largest absolute Gasteiger partial charge is 0.396 e. The summed E-state index contributed by atoms with van der Waals surface area (Å²) < 4.78 is 0. The van der Waals surface area contributed by atoms with E-state index in [0.29, 0.717) is 22.8 Å². The minimum absolute atomic E-state index is 0.204. The van der Waals surface area contributed by atoms with Crippen LogP contribution in [0.4, 0.5) is 5.69 Å². The van der Waals surface area contributed by atoms with Crippen molar-refractivity contribution in [1.29, 1.82) is 0 Å². The second-order valence-corrected chi connectivity index (χ2v) is 3.36. The molecule has 66 valence electrons. The number of nitrogen functional groups attached to an aromatic ring is 1. The van der Waals surface area contributed by atoms with E-state index in [9.17, 15) is 0 Å². The lowest BCUT2D eigenvalue weighted by atomic mass is 10.2. The van der Waals surface area contributed by atoms with E-state index in [1.165, 1.54) is 0 Å². The van der Waals surface area contributed by atoms with E-state index in [1.807, 2.05) is 6.92 Å². The number of hydrogen-bond donors (Lipinski definition) is 1. The van der Waals surface area contributed by atoms with E-state index in [2.05, 4.69) is 4.98 Å². The standard InChI is InChI=1S/C7H7Cl3N2/c1-2-3-4(8)6(11)5(9)7(10)12-3/h2H2,1H3,(H2,11,12). The molecule has 0 amide bonds. The molecule has 1 aromatic heterocycles. The summed E-state index contributed by atoms with van der Waals surface area (Å²) in [5.41, 5.74) is 6.54. The third-order valence-corrected chi connectivity index (χ3v) is 2.65. The first kappa shape index (κ1) is 9.90. The molecule has 0 aliphatic carbocycles. The average molecular weight is 226 g/mol. The Hall–Kier alpha value is -0.180. The van der Waals surface area contributed by atoms with Crippen molar-refractivity contribution in [3.8, 4) is 0 Å². The van der Waals surface area contributed by atoms with Crippen LogP contribution in [0.1, 0.15) is 12.6 Å². The Balaban J connectivity index is 3.39. The number of aryl methyl sites for hydroxylation is 1. The first-order valence-electron chi connectivity index (χ1n) is 3.36. The van der Waals surface area contributed by atoms with Gasteiger partial charge in [0.25, 0.3) is 0 Å². The predicted molar refractivity (Wildman–Crippen MR) is 53.1 cm³/mol. The van der Waals surface area contributed by atoms with Crippen LogP contribution in [0, 0.1) is 0 Å². The molecule has 0 spiro atoms. The quantitative estimate of drug-likeness (QED) is 0.746. The number of rotatable bonds is 1. The van der Waals surface area contributed by atoms with Gasteiger partial charge in [0.2, 0.25) is 0 Å². The van der Waals surface area contributed by atoms with Crippen LogP contribution in [-0.4, -0.2) is 4.98 Å². The molecule has 5 heteroatoms. The molecular formula is C7H7Cl3N2. The van der Waals surface area contributed by atoms with Crippen molar-refractivity contribution >= 4 is 40.5 Å². The molecule has 0 aliphatic heterocycles. The number of nitrogens with two attached hydrogens (primary N) is 1. The fourth-order valence-electron chi connectivity index (χ4n) is 0.814. The van der Waals surface area contributed by atoms with E-state index >= 15 is 0 Å². The Morgan fingerprint density at radius 2 is 1.83 bits per heavy atom. The highest BCUT2D eigenvalue weighted by molar-refractivity contribution is 6.45. The van der Waals surface area contributed by atoms with Crippen LogP contribution in [-0.2, 0) is 6.42 Å². The molecule has 0 bridgehead atoms. The smallest absolute Gasteiger partial charge is 0.150 e. The topological polar surface area (TPSA) is 38.9 Å². The van der Waals surface area contributed by atoms with E-state index in [1.54, 1.807) is 0 Å². The van der Waals surface area contributed by atoms with Gasteiger partial charge in [-0.1, -0.05) is 41.7 Å². The van der Waals surface area contributed by atoms with Gasteiger partial charge < -0.3 is 5.73 Å². The number of hydrogen-bond acceptors (Lipinski definition) is 2. The normalized spacial score (nSPS) is 10.3. The highest BCUT2D eigenvalue weighted by atomic mass is 35.5. The van der Waals surface area contributed by atoms with Gasteiger partial charge in [0, 0.05) is 0 Å². The molecule has 0 fully saturated rings. The minimum atomic E-state index is 0.204. The lowest BCUT2D eigenvalue weighted by molar-refractivity contribution is 1.04. The van der Waals surface area contributed by atoms with Gasteiger partial charge in [-0.3, -0.25) is 0 Å². The summed E-state index contributed by atoms with van der Waals surface area (Å²) in [5, 5.41) is 0.821. The van der Waals surface area contributed by atoms with Gasteiger partial charge in [-0.2, -0.15) is 0 Å². The second-order valence-electron chi connectivity index (χ2n) is 2.24. The molecule has 0 unspecified atom stereocenters. The molecule has 0 saturated heterocycles. The van der Waals surface area contributed by atoms with Crippen molar-refractivity contribution in [2.45, 2.75) is 13.3 Å². The number of pyridine rings is 1. The van der Waals surface area contributed by atoms with Crippen LogP contribution in [0.25, 0.3) is 0 Å². The fourth-order valence-corrected chi connectivity index (χ4v) is 1.47. The number of anilines is 1. The maximum Gasteiger partial charge on any atom is 0.150 e. The number of halogens is 3. The van der Waals surface area contributed by atoms with Gasteiger partial charge in [-0.05, 0) is 6.42 Å². The van der Waals surface area contributed by atoms with Crippen molar-refractivity contribution in [3.05, 3.63) is 20.9 Å². The summed E-state index contributed by atoms with van der Waals surface area (Å²) in [6.45, 7) is 1.91. The monoisotopic (exact) mass is 224 g/mol. The zero-order chi connectivity index (χ0) is 9.30. The fraction of sp³-hybridized carbons (Fsp3) is 0.286. The summed E-state index contributed by atoms with van der Waals surface area (Å²) in [6, 6.07) is 0. The van der Waals surface area contributed by atoms with Crippen LogP contribution in [0.3, 0.4) is 0 Å². The molecule has 12 heavy (non-hydrogen) atoms. The Kier molecular flexibility index (Phi) is 3.04. The first-order valence-corrected chi connectivity index (χ1v) is 4.50. The van der Waals surface area contributed by atoms with Crippen molar-refractivity contribution in [2.24, 2.45) is 0 Å². The summed E-state index contributed by atoms with van der Waals surface area (Å²) >= 11 is 17.2. The van der Waals surface area contributed by atoms with Gasteiger partial charge in [-0.15, -0.1) is 0 Å². The molecular weight excluding hydrogens is 218 g/mol. The molecule has 1 rings (SSSR count). The van der Waals surface area contributed by atoms with Crippen LogP contribution >= 0.6 is 34.8 Å². The molecule has 0 aliphatic rings. The third kappa shape index (κ3) is 1.60. The van der Waals surface area contributed by atoms with Crippen molar-refractivity contribution < 1.29 is 0 Å². The molecule has 0 atom stereocenters. The Morgan fingerprint density at radius 3 is 2.33 bits per heavy atom. The van der Waals surface area contributed by atoms with E-state index in [-0.39, 0.29) is 10.2 Å². The van der Waals surface area contributed by atoms with Gasteiger partial charge in [-0.25, -0.2) is 4.98 Å². The van der Waals surface area contributed by atoms with Gasteiger partial charge in [0.05, 0.1) is 16.4 Å². The van der Waals surface area contributed by atoms with Gasteiger partial charge >= 0.3 is 0 Å². The zero-order valence-corrected chi connectivity index (χ0v) is 8.63. The average Bonchev–Trinajstić information content (AvgIpc) is 2.08. The summed E-state index contributed by atoms with van der Waals surface area (Å²) in [6.07, 6.45) is 0.680. The molecule has 1 aromatic rings. The van der Waals surface area contributed by atoms with Crippen molar-refractivity contribution in [1.82, 2.24) is 4.98 Å². The van der Waals surface area contributed by atoms with Crippen LogP contribution in [0.2, 0.25) is 15.2 Å². The zero-order valence-electron chi connectivity index (χ0n) is 6.37. The molecule has 1 heterocycles. The predicted octanol–water partition coefficient (Wildman–Crippen LogP) is 3.19. The Labute approximate surface area is 85.6 Å². The highest BCUT2D eigenvalue weighted by Gasteiger charge is 2.11. The summed E-state index contributed by atoms with van der Waals surface area (Å²) in [5.74, 6) is 0. The molecule has 0 saturated carbocycles. The lowest BCUT2D eigenvalue weighted by Crippen LogP contribution is -1.97. The summed E-state index contributed by atoms with van der Waals surface area (Å²) in [7, 11) is 0. The number of aromatic nitrogens is 1. The van der Waals surface area contributed by atoms with E-state index < -0.39 is 0 Å². The number of nitrogens with zero attached hydrogens (tertiary/aromatic N) is 1. The van der Waals surface area contributed by atoms with Gasteiger partial charge in [0.1, 0.15) is 10.2 Å². The molecule has 2 nitrogen and oxygen atoms in total. The first-order chi connectivity index (χ1) is 5.57. The van der Waals surface area contributed by atoms with Gasteiger partial charge in [0.15, 0.2) is 0 Å². The van der Waals surface area contributed by atoms with Crippen LogP contribution in [0.15, 0.2) is 0 Å². The Morgan fingerprint density at radius 1 is 1.25 bits per heavy atom. The Bertz CT molecular complexity index is 312. The van der Waals surface area contributed by atoms with E-state index in [4.69, 9.17) is 40.5 Å².